The van der Waals surface area contributed by atoms with E-state index in [2.05, 4.69) is 19.1 Å². The van der Waals surface area contributed by atoms with Crippen LogP contribution in [0.25, 0.3) is 0 Å². The average Bonchev–Trinajstić information content (AvgIpc) is 2.76. The lowest BCUT2D eigenvalue weighted by molar-refractivity contribution is -0.870. The number of aliphatic hydroxyl groups excluding tert-OH is 1. The van der Waals surface area contributed by atoms with Crippen LogP contribution in [0.3, 0.4) is 0 Å². The Morgan fingerprint density at radius 3 is 1.85 bits per heavy atom. The number of unbranched alkanes of at least 4 members (excludes halogenated alkanes) is 12. The van der Waals surface area contributed by atoms with E-state index in [1.807, 2.05) is 21.1 Å². The van der Waals surface area contributed by atoms with E-state index in [0.717, 1.165) is 12.8 Å². The van der Waals surface area contributed by atoms with Crippen molar-refractivity contribution < 1.29 is 32.8 Å². The molecule has 0 bridgehead atoms. The second kappa shape index (κ2) is 22.0. The molecule has 0 rings (SSSR count). The number of quaternary nitrogens is 1. The summed E-state index contributed by atoms with van der Waals surface area (Å²) in [6, 6.07) is 0. The van der Waals surface area contributed by atoms with E-state index < -0.39 is 13.9 Å². The van der Waals surface area contributed by atoms with Gasteiger partial charge in [-0.25, -0.2) is 4.57 Å². The van der Waals surface area contributed by atoms with E-state index in [9.17, 15) is 14.6 Å². The highest BCUT2D eigenvalue weighted by atomic mass is 31.2. The zero-order valence-corrected chi connectivity index (χ0v) is 23.5. The molecule has 0 aromatic carbocycles. The minimum absolute atomic E-state index is 0.0873. The lowest BCUT2D eigenvalue weighted by atomic mass is 10.1. The summed E-state index contributed by atoms with van der Waals surface area (Å²) in [5.74, 6) is 0. The smallest absolute Gasteiger partial charge is 0.388 e. The molecule has 0 saturated heterocycles. The minimum atomic E-state index is -4.14. The van der Waals surface area contributed by atoms with Gasteiger partial charge in [0.05, 0.1) is 34.4 Å². The molecule has 0 radical (unpaired) electrons. The van der Waals surface area contributed by atoms with Gasteiger partial charge in [-0.3, -0.25) is 9.05 Å². The van der Waals surface area contributed by atoms with Crippen molar-refractivity contribution in [3.8, 4) is 0 Å². The van der Waals surface area contributed by atoms with Crippen LogP contribution in [0.5, 0.6) is 0 Å². The highest BCUT2D eigenvalue weighted by Gasteiger charge is 2.24. The first kappa shape index (κ1) is 33.7. The fraction of sp³-hybridized carbons (Fsp3) is 0.923. The van der Waals surface area contributed by atoms with Gasteiger partial charge in [0.1, 0.15) is 19.3 Å². The maximum atomic E-state index is 11.8. The lowest BCUT2D eigenvalue weighted by Gasteiger charge is -2.24. The molecule has 0 heterocycles. The van der Waals surface area contributed by atoms with Crippen LogP contribution in [0.2, 0.25) is 0 Å². The molecule has 204 valence electrons. The van der Waals surface area contributed by atoms with E-state index >= 15 is 0 Å². The normalized spacial score (nSPS) is 15.1. The van der Waals surface area contributed by atoms with Gasteiger partial charge in [-0.05, 0) is 32.1 Å². The number of rotatable bonds is 25. The van der Waals surface area contributed by atoms with E-state index in [4.69, 9.17) is 13.8 Å². The molecule has 0 aliphatic rings. The third-order valence-corrected chi connectivity index (χ3v) is 6.54. The summed E-state index contributed by atoms with van der Waals surface area (Å²) in [7, 11) is 1.75. The van der Waals surface area contributed by atoms with E-state index in [0.29, 0.717) is 17.6 Å². The fourth-order valence-electron chi connectivity index (χ4n) is 3.37. The molecule has 2 N–H and O–H groups in total. The lowest BCUT2D eigenvalue weighted by Crippen LogP contribution is -2.37. The van der Waals surface area contributed by atoms with Crippen LogP contribution in [-0.4, -0.2) is 74.7 Å². The van der Waals surface area contributed by atoms with Crippen LogP contribution in [0.15, 0.2) is 12.2 Å². The molecule has 0 spiro atoms. The highest BCUT2D eigenvalue weighted by Crippen LogP contribution is 2.43. The van der Waals surface area contributed by atoms with Crippen LogP contribution < -0.4 is 0 Å². The van der Waals surface area contributed by atoms with E-state index in [-0.39, 0.29) is 19.8 Å². The van der Waals surface area contributed by atoms with Crippen LogP contribution >= 0.6 is 7.82 Å². The molecule has 8 heteroatoms. The largest absolute Gasteiger partial charge is 0.472 e. The Morgan fingerprint density at radius 2 is 1.29 bits per heavy atom. The monoisotopic (exact) mass is 508 g/mol. The number of phosphoric acid groups is 1. The number of hydrogen-bond acceptors (Lipinski definition) is 5. The van der Waals surface area contributed by atoms with Crippen LogP contribution in [0, 0.1) is 0 Å². The van der Waals surface area contributed by atoms with Crippen molar-refractivity contribution in [3.63, 3.8) is 0 Å². The summed E-state index contributed by atoms with van der Waals surface area (Å²) in [5.41, 5.74) is 0. The third kappa shape index (κ3) is 26.3. The van der Waals surface area contributed by atoms with Crippen LogP contribution in [0.1, 0.15) is 96.8 Å². The van der Waals surface area contributed by atoms with Crippen molar-refractivity contribution in [2.75, 3.05) is 54.1 Å². The first-order valence-electron chi connectivity index (χ1n) is 13.5. The van der Waals surface area contributed by atoms with Gasteiger partial charge < -0.3 is 19.2 Å². The highest BCUT2D eigenvalue weighted by molar-refractivity contribution is 7.47. The van der Waals surface area contributed by atoms with Gasteiger partial charge in [0.15, 0.2) is 0 Å². The maximum Gasteiger partial charge on any atom is 0.472 e. The number of likely N-dealkylation sites (N-methyl/N-ethyl adjacent to an activating group) is 1. The third-order valence-electron chi connectivity index (χ3n) is 5.56. The van der Waals surface area contributed by atoms with Crippen molar-refractivity contribution in [2.45, 2.75) is 103 Å². The van der Waals surface area contributed by atoms with Gasteiger partial charge in [0.25, 0.3) is 0 Å². The van der Waals surface area contributed by atoms with Crippen molar-refractivity contribution in [1.29, 1.82) is 0 Å². The van der Waals surface area contributed by atoms with Crippen molar-refractivity contribution in [2.24, 2.45) is 0 Å². The summed E-state index contributed by atoms with van der Waals surface area (Å²) in [4.78, 5) is 9.64. The second-order valence-corrected chi connectivity index (χ2v) is 11.7. The predicted molar refractivity (Wildman–Crippen MR) is 141 cm³/mol. The molecule has 1 unspecified atom stereocenters. The van der Waals surface area contributed by atoms with E-state index in [1.54, 1.807) is 0 Å². The van der Waals surface area contributed by atoms with Crippen LogP contribution in [-0.2, 0) is 18.3 Å². The van der Waals surface area contributed by atoms with Crippen molar-refractivity contribution in [1.82, 2.24) is 0 Å². The molecule has 0 aromatic heterocycles. The summed E-state index contributed by atoms with van der Waals surface area (Å²) in [5, 5.41) is 9.86. The molecule has 0 fully saturated rings. The van der Waals surface area contributed by atoms with Gasteiger partial charge in [-0.2, -0.15) is 0 Å². The van der Waals surface area contributed by atoms with Crippen molar-refractivity contribution in [3.05, 3.63) is 12.2 Å². The molecular formula is C26H55NO6P+. The molecular weight excluding hydrogens is 453 g/mol. The first-order chi connectivity index (χ1) is 16.2. The Morgan fingerprint density at radius 1 is 0.765 bits per heavy atom. The Bertz CT molecular complexity index is 524. The summed E-state index contributed by atoms with van der Waals surface area (Å²) < 4.78 is 27.6. The predicted octanol–water partition coefficient (Wildman–Crippen LogP) is 6.24. The van der Waals surface area contributed by atoms with Gasteiger partial charge in [-0.1, -0.05) is 76.9 Å². The Balaban J connectivity index is 3.43. The molecule has 0 amide bonds. The van der Waals surface area contributed by atoms with Gasteiger partial charge in [-0.15, -0.1) is 0 Å². The van der Waals surface area contributed by atoms with Gasteiger partial charge in [0.2, 0.25) is 0 Å². The van der Waals surface area contributed by atoms with Gasteiger partial charge >= 0.3 is 7.82 Å². The Kier molecular flexibility index (Phi) is 21.8. The number of hydrogen-bond donors (Lipinski definition) is 2. The van der Waals surface area contributed by atoms with Crippen molar-refractivity contribution >= 4 is 7.82 Å². The first-order valence-corrected chi connectivity index (χ1v) is 15.0. The number of aliphatic hydroxyl groups is 1. The number of ether oxygens (including phenoxy) is 1. The maximum absolute atomic E-state index is 11.8. The second-order valence-electron chi connectivity index (χ2n) is 10.3. The Hall–Kier alpha value is -0.270. The number of nitrogens with zero attached hydrogens (tertiary/aromatic N) is 1. The zero-order chi connectivity index (χ0) is 25.5. The number of allylic oxidation sites excluding steroid dienone is 2. The van der Waals surface area contributed by atoms with Crippen LogP contribution in [0.4, 0.5) is 0 Å². The quantitative estimate of drug-likeness (QED) is 0.0657. The summed E-state index contributed by atoms with van der Waals surface area (Å²) in [6.45, 7) is 3.33. The SMILES string of the molecule is CCCCCCCC/C=C/CCCCCCCCOC[C@H](O)COP(=O)(O)OCC[N+](C)(C)C. The molecule has 2 atom stereocenters. The average molecular weight is 509 g/mol. The molecule has 34 heavy (non-hydrogen) atoms. The summed E-state index contributed by atoms with van der Waals surface area (Å²) >= 11 is 0. The zero-order valence-electron chi connectivity index (χ0n) is 22.6. The fourth-order valence-corrected chi connectivity index (χ4v) is 4.11. The standard InChI is InChI=1S/C26H54NO6P/c1-5-6-7-8-9-10-11-12-13-14-15-16-17-18-19-20-22-31-24-26(28)25-33-34(29,30)32-23-21-27(2,3)4/h12-13,26,28H,5-11,14-25H2,1-4H3/p+1/b13-12+/t26-/m0/s1. The minimum Gasteiger partial charge on any atom is -0.388 e. The molecule has 0 saturated carbocycles. The number of phosphoric ester groups is 1. The molecule has 7 nitrogen and oxygen atoms in total. The van der Waals surface area contributed by atoms with E-state index in [1.165, 1.54) is 77.0 Å². The molecule has 0 aliphatic carbocycles. The molecule has 0 aromatic rings. The Labute approximate surface area is 210 Å². The topological polar surface area (TPSA) is 85.2 Å². The van der Waals surface area contributed by atoms with Gasteiger partial charge in [0, 0.05) is 6.61 Å². The molecule has 0 aliphatic heterocycles. The summed E-state index contributed by atoms with van der Waals surface area (Å²) in [6.07, 6.45) is 21.4.